The summed E-state index contributed by atoms with van der Waals surface area (Å²) in [5.41, 5.74) is 0.780. The Labute approximate surface area is 167 Å². The first-order valence-electron chi connectivity index (χ1n) is 10.1. The van der Waals surface area contributed by atoms with Crippen LogP contribution in [-0.4, -0.2) is 74.7 Å². The molecule has 28 heavy (non-hydrogen) atoms. The quantitative estimate of drug-likeness (QED) is 0.772. The fourth-order valence-corrected chi connectivity index (χ4v) is 4.31. The Kier molecular flexibility index (Phi) is 7.28. The molecule has 0 spiro atoms. The third kappa shape index (κ3) is 5.02. The average Bonchev–Trinajstić information content (AvgIpc) is 3.23. The number of nitrogens with zero attached hydrogens (tertiary/aromatic N) is 2. The second-order valence-electron chi connectivity index (χ2n) is 7.56. The van der Waals surface area contributed by atoms with Crippen molar-refractivity contribution in [2.45, 2.75) is 31.7 Å². The molecule has 1 N–H and O–H groups in total. The molecule has 154 valence electrons. The van der Waals surface area contributed by atoms with Crippen molar-refractivity contribution in [3.8, 4) is 5.75 Å². The lowest BCUT2D eigenvalue weighted by atomic mass is 9.95. The maximum absolute atomic E-state index is 13.2. The molecule has 7 nitrogen and oxygen atoms in total. The van der Waals surface area contributed by atoms with Gasteiger partial charge in [0.05, 0.1) is 13.2 Å². The molecule has 0 radical (unpaired) electrons. The van der Waals surface area contributed by atoms with Crippen LogP contribution in [-0.2, 0) is 14.3 Å². The Morgan fingerprint density at radius 1 is 1.07 bits per heavy atom. The van der Waals surface area contributed by atoms with E-state index >= 15 is 0 Å². The number of amides is 2. The minimum absolute atomic E-state index is 0.0160. The number of rotatable bonds is 7. The summed E-state index contributed by atoms with van der Waals surface area (Å²) in [6.07, 6.45) is 4.54. The fourth-order valence-electron chi connectivity index (χ4n) is 4.31. The fraction of sp³-hybridized carbons (Fsp3) is 0.619. The van der Waals surface area contributed by atoms with Gasteiger partial charge in [-0.3, -0.25) is 14.5 Å². The first kappa shape index (κ1) is 20.6. The molecule has 2 fully saturated rings. The SMILES string of the molecule is COCC(=O)N1CCN(C(C(=O)Nc2ccc(OC)cc2)C2CCCC2)CC1. The van der Waals surface area contributed by atoms with Gasteiger partial charge < -0.3 is 19.7 Å². The van der Waals surface area contributed by atoms with Gasteiger partial charge in [-0.25, -0.2) is 0 Å². The molecule has 0 aromatic heterocycles. The number of ether oxygens (including phenoxy) is 2. The number of piperazine rings is 1. The highest BCUT2D eigenvalue weighted by Gasteiger charge is 2.37. The lowest BCUT2D eigenvalue weighted by molar-refractivity contribution is -0.138. The van der Waals surface area contributed by atoms with E-state index in [9.17, 15) is 9.59 Å². The molecule has 1 aromatic rings. The normalized spacial score (nSPS) is 19.4. The second kappa shape index (κ2) is 9.89. The van der Waals surface area contributed by atoms with Gasteiger partial charge in [-0.1, -0.05) is 12.8 Å². The zero-order valence-corrected chi connectivity index (χ0v) is 16.9. The van der Waals surface area contributed by atoms with Crippen molar-refractivity contribution in [1.82, 2.24) is 9.80 Å². The highest BCUT2D eigenvalue weighted by molar-refractivity contribution is 5.95. The van der Waals surface area contributed by atoms with Crippen LogP contribution >= 0.6 is 0 Å². The molecule has 1 aromatic carbocycles. The van der Waals surface area contributed by atoms with E-state index in [0.29, 0.717) is 32.1 Å². The molecule has 3 rings (SSSR count). The molecule has 2 amide bonds. The third-order valence-electron chi connectivity index (χ3n) is 5.80. The Morgan fingerprint density at radius 2 is 1.71 bits per heavy atom. The number of carbonyl (C=O) groups is 2. The summed E-state index contributed by atoms with van der Waals surface area (Å²) in [4.78, 5) is 29.3. The van der Waals surface area contributed by atoms with Crippen molar-refractivity contribution in [3.63, 3.8) is 0 Å². The number of benzene rings is 1. The molecule has 1 aliphatic heterocycles. The van der Waals surface area contributed by atoms with E-state index in [2.05, 4.69) is 10.2 Å². The van der Waals surface area contributed by atoms with Crippen molar-refractivity contribution in [1.29, 1.82) is 0 Å². The predicted octanol–water partition coefficient (Wildman–Crippen LogP) is 1.98. The van der Waals surface area contributed by atoms with E-state index in [4.69, 9.17) is 9.47 Å². The molecule has 1 unspecified atom stereocenters. The summed E-state index contributed by atoms with van der Waals surface area (Å²) < 4.78 is 10.1. The first-order chi connectivity index (χ1) is 13.6. The minimum Gasteiger partial charge on any atom is -0.497 e. The molecule has 1 saturated heterocycles. The van der Waals surface area contributed by atoms with Crippen LogP contribution in [0.15, 0.2) is 24.3 Å². The number of hydrogen-bond donors (Lipinski definition) is 1. The number of hydrogen-bond acceptors (Lipinski definition) is 5. The van der Waals surface area contributed by atoms with E-state index in [1.54, 1.807) is 7.11 Å². The Hall–Kier alpha value is -2.12. The Balaban J connectivity index is 1.65. The van der Waals surface area contributed by atoms with Crippen LogP contribution in [0, 0.1) is 5.92 Å². The van der Waals surface area contributed by atoms with Crippen molar-refractivity contribution < 1.29 is 19.1 Å². The number of nitrogens with one attached hydrogen (secondary N) is 1. The van der Waals surface area contributed by atoms with Crippen LogP contribution in [0.5, 0.6) is 5.75 Å². The molecule has 0 bridgehead atoms. The third-order valence-corrected chi connectivity index (χ3v) is 5.80. The van der Waals surface area contributed by atoms with Gasteiger partial charge in [0, 0.05) is 39.0 Å². The van der Waals surface area contributed by atoms with Gasteiger partial charge in [0.1, 0.15) is 12.4 Å². The van der Waals surface area contributed by atoms with E-state index in [1.807, 2.05) is 29.2 Å². The summed E-state index contributed by atoms with van der Waals surface area (Å²) in [5.74, 6) is 1.21. The highest BCUT2D eigenvalue weighted by Crippen LogP contribution is 2.31. The smallest absolute Gasteiger partial charge is 0.248 e. The van der Waals surface area contributed by atoms with Crippen LogP contribution in [0.1, 0.15) is 25.7 Å². The summed E-state index contributed by atoms with van der Waals surface area (Å²) in [5, 5.41) is 3.09. The summed E-state index contributed by atoms with van der Waals surface area (Å²) in [6, 6.07) is 7.28. The molecule has 2 aliphatic rings. The van der Waals surface area contributed by atoms with Gasteiger partial charge >= 0.3 is 0 Å². The second-order valence-corrected chi connectivity index (χ2v) is 7.56. The maximum atomic E-state index is 13.2. The maximum Gasteiger partial charge on any atom is 0.248 e. The predicted molar refractivity (Wildman–Crippen MR) is 107 cm³/mol. The topological polar surface area (TPSA) is 71.1 Å². The minimum atomic E-state index is -0.149. The van der Waals surface area contributed by atoms with Crippen LogP contribution in [0.25, 0.3) is 0 Å². The van der Waals surface area contributed by atoms with E-state index in [1.165, 1.54) is 20.0 Å². The van der Waals surface area contributed by atoms with Crippen LogP contribution < -0.4 is 10.1 Å². The van der Waals surface area contributed by atoms with Crippen LogP contribution in [0.3, 0.4) is 0 Å². The van der Waals surface area contributed by atoms with Gasteiger partial charge in [0.25, 0.3) is 0 Å². The first-order valence-corrected chi connectivity index (χ1v) is 10.1. The van der Waals surface area contributed by atoms with Gasteiger partial charge in [0.15, 0.2) is 0 Å². The van der Waals surface area contributed by atoms with Crippen LogP contribution in [0.4, 0.5) is 5.69 Å². The van der Waals surface area contributed by atoms with Crippen molar-refractivity contribution >= 4 is 17.5 Å². The molecule has 1 saturated carbocycles. The summed E-state index contributed by atoms with van der Waals surface area (Å²) >= 11 is 0. The number of carbonyl (C=O) groups excluding carboxylic acids is 2. The zero-order chi connectivity index (χ0) is 19.9. The lowest BCUT2D eigenvalue weighted by Crippen LogP contribution is -2.57. The molecule has 1 atom stereocenters. The molecule has 1 aliphatic carbocycles. The van der Waals surface area contributed by atoms with E-state index in [-0.39, 0.29) is 24.5 Å². The zero-order valence-electron chi connectivity index (χ0n) is 16.9. The Morgan fingerprint density at radius 3 is 2.29 bits per heavy atom. The highest BCUT2D eigenvalue weighted by atomic mass is 16.5. The van der Waals surface area contributed by atoms with Crippen molar-refractivity contribution in [2.75, 3.05) is 52.3 Å². The van der Waals surface area contributed by atoms with Gasteiger partial charge in [-0.2, -0.15) is 0 Å². The van der Waals surface area contributed by atoms with Crippen molar-refractivity contribution in [3.05, 3.63) is 24.3 Å². The monoisotopic (exact) mass is 389 g/mol. The molecular formula is C21H31N3O4. The molecule has 1 heterocycles. The number of methoxy groups -OCH3 is 2. The van der Waals surface area contributed by atoms with E-state index < -0.39 is 0 Å². The lowest BCUT2D eigenvalue weighted by Gasteiger charge is -2.40. The number of anilines is 1. The summed E-state index contributed by atoms with van der Waals surface area (Å²) in [7, 11) is 3.16. The van der Waals surface area contributed by atoms with Gasteiger partial charge in [0.2, 0.25) is 11.8 Å². The molecular weight excluding hydrogens is 358 g/mol. The van der Waals surface area contributed by atoms with Crippen LogP contribution in [0.2, 0.25) is 0 Å². The van der Waals surface area contributed by atoms with Gasteiger partial charge in [-0.05, 0) is 43.0 Å². The van der Waals surface area contributed by atoms with Crippen molar-refractivity contribution in [2.24, 2.45) is 5.92 Å². The van der Waals surface area contributed by atoms with E-state index in [0.717, 1.165) is 24.3 Å². The average molecular weight is 389 g/mol. The molecule has 7 heteroatoms. The standard InChI is InChI=1S/C21H31N3O4/c1-27-15-19(25)23-11-13-24(14-12-23)20(16-5-3-4-6-16)21(26)22-17-7-9-18(28-2)10-8-17/h7-10,16,20H,3-6,11-15H2,1-2H3,(H,22,26). The summed E-state index contributed by atoms with van der Waals surface area (Å²) in [6.45, 7) is 2.83. The largest absolute Gasteiger partial charge is 0.497 e. The Bertz CT molecular complexity index is 650. The van der Waals surface area contributed by atoms with Gasteiger partial charge in [-0.15, -0.1) is 0 Å².